The first kappa shape index (κ1) is 13.1. The molecule has 0 aliphatic carbocycles. The summed E-state index contributed by atoms with van der Waals surface area (Å²) < 4.78 is 0. The SMILES string of the molecule is CC(C)(C)c1ccc(NC(=O)C2CCNC2)cc1. The average molecular weight is 246 g/mol. The zero-order chi connectivity index (χ0) is 13.2. The summed E-state index contributed by atoms with van der Waals surface area (Å²) in [6.07, 6.45) is 0.936. The van der Waals surface area contributed by atoms with Crippen molar-refractivity contribution in [2.75, 3.05) is 18.4 Å². The van der Waals surface area contributed by atoms with Crippen LogP contribution in [0.5, 0.6) is 0 Å². The standard InChI is InChI=1S/C15H22N2O/c1-15(2,3)12-4-6-13(7-5-12)17-14(18)11-8-9-16-10-11/h4-7,11,16H,8-10H2,1-3H3,(H,17,18). The largest absolute Gasteiger partial charge is 0.326 e. The van der Waals surface area contributed by atoms with Crippen molar-refractivity contribution in [2.45, 2.75) is 32.6 Å². The van der Waals surface area contributed by atoms with Crippen molar-refractivity contribution in [3.8, 4) is 0 Å². The van der Waals surface area contributed by atoms with Crippen molar-refractivity contribution in [3.63, 3.8) is 0 Å². The second kappa shape index (κ2) is 5.11. The highest BCUT2D eigenvalue weighted by Crippen LogP contribution is 2.23. The Morgan fingerprint density at radius 2 is 1.94 bits per heavy atom. The zero-order valence-corrected chi connectivity index (χ0v) is 11.4. The third kappa shape index (κ3) is 3.10. The summed E-state index contributed by atoms with van der Waals surface area (Å²) in [4.78, 5) is 11.9. The monoisotopic (exact) mass is 246 g/mol. The van der Waals surface area contributed by atoms with Crippen molar-refractivity contribution in [3.05, 3.63) is 29.8 Å². The molecule has 1 atom stereocenters. The summed E-state index contributed by atoms with van der Waals surface area (Å²) in [5, 5.41) is 6.19. The number of carbonyl (C=O) groups excluding carboxylic acids is 1. The van der Waals surface area contributed by atoms with Gasteiger partial charge in [-0.1, -0.05) is 32.9 Å². The van der Waals surface area contributed by atoms with Crippen molar-refractivity contribution in [1.82, 2.24) is 5.32 Å². The van der Waals surface area contributed by atoms with Crippen molar-refractivity contribution < 1.29 is 4.79 Å². The molecule has 1 fully saturated rings. The number of amides is 1. The summed E-state index contributed by atoms with van der Waals surface area (Å²) in [6, 6.07) is 8.15. The molecule has 3 nitrogen and oxygen atoms in total. The van der Waals surface area contributed by atoms with E-state index < -0.39 is 0 Å². The molecule has 18 heavy (non-hydrogen) atoms. The van der Waals surface area contributed by atoms with Crippen LogP contribution in [0.4, 0.5) is 5.69 Å². The van der Waals surface area contributed by atoms with Gasteiger partial charge >= 0.3 is 0 Å². The molecule has 1 aromatic rings. The molecule has 0 spiro atoms. The number of carbonyl (C=O) groups is 1. The Morgan fingerprint density at radius 3 is 2.44 bits per heavy atom. The third-order valence-corrected chi connectivity index (χ3v) is 3.45. The molecule has 1 aliphatic rings. The molecule has 2 rings (SSSR count). The quantitative estimate of drug-likeness (QED) is 0.842. The van der Waals surface area contributed by atoms with Gasteiger partial charge in [0.25, 0.3) is 0 Å². The lowest BCUT2D eigenvalue weighted by Crippen LogP contribution is -2.24. The van der Waals surface area contributed by atoms with Gasteiger partial charge in [0.2, 0.25) is 5.91 Å². The number of rotatable bonds is 2. The molecule has 1 amide bonds. The van der Waals surface area contributed by atoms with E-state index in [1.807, 2.05) is 12.1 Å². The maximum atomic E-state index is 11.9. The van der Waals surface area contributed by atoms with Gasteiger partial charge in [0.15, 0.2) is 0 Å². The second-order valence-electron chi connectivity index (χ2n) is 6.01. The van der Waals surface area contributed by atoms with Gasteiger partial charge < -0.3 is 10.6 Å². The summed E-state index contributed by atoms with van der Waals surface area (Å²) in [5.41, 5.74) is 2.32. The van der Waals surface area contributed by atoms with Crippen LogP contribution < -0.4 is 10.6 Å². The van der Waals surface area contributed by atoms with Gasteiger partial charge in [0, 0.05) is 12.2 Å². The van der Waals surface area contributed by atoms with Crippen molar-refractivity contribution in [1.29, 1.82) is 0 Å². The fourth-order valence-corrected chi connectivity index (χ4v) is 2.18. The van der Waals surface area contributed by atoms with Gasteiger partial charge in [0.1, 0.15) is 0 Å². The molecular formula is C15H22N2O. The van der Waals surface area contributed by atoms with Gasteiger partial charge in [-0.05, 0) is 36.1 Å². The Kier molecular flexibility index (Phi) is 3.71. The number of hydrogen-bond donors (Lipinski definition) is 2. The highest BCUT2D eigenvalue weighted by atomic mass is 16.1. The molecular weight excluding hydrogens is 224 g/mol. The molecule has 98 valence electrons. The lowest BCUT2D eigenvalue weighted by atomic mass is 9.87. The minimum absolute atomic E-state index is 0.118. The van der Waals surface area contributed by atoms with Crippen LogP contribution in [0.25, 0.3) is 0 Å². The lowest BCUT2D eigenvalue weighted by Gasteiger charge is -2.19. The summed E-state index contributed by atoms with van der Waals surface area (Å²) in [5.74, 6) is 0.246. The normalized spacial score (nSPS) is 19.8. The third-order valence-electron chi connectivity index (χ3n) is 3.45. The number of benzene rings is 1. The van der Waals surface area contributed by atoms with Crippen LogP contribution >= 0.6 is 0 Å². The Balaban J connectivity index is 2.00. The molecule has 1 saturated heterocycles. The zero-order valence-electron chi connectivity index (χ0n) is 11.4. The first-order valence-corrected chi connectivity index (χ1v) is 6.59. The summed E-state index contributed by atoms with van der Waals surface area (Å²) >= 11 is 0. The predicted octanol–water partition coefficient (Wildman–Crippen LogP) is 2.53. The Morgan fingerprint density at radius 1 is 1.28 bits per heavy atom. The number of anilines is 1. The number of nitrogens with one attached hydrogen (secondary N) is 2. The van der Waals surface area contributed by atoms with Crippen LogP contribution in [0.3, 0.4) is 0 Å². The Hall–Kier alpha value is -1.35. The molecule has 1 unspecified atom stereocenters. The molecule has 2 N–H and O–H groups in total. The van der Waals surface area contributed by atoms with Crippen LogP contribution in [-0.4, -0.2) is 19.0 Å². The van der Waals surface area contributed by atoms with Crippen LogP contribution in [0.1, 0.15) is 32.8 Å². The molecule has 1 aliphatic heterocycles. The average Bonchev–Trinajstić information content (AvgIpc) is 2.82. The van der Waals surface area contributed by atoms with E-state index in [9.17, 15) is 4.79 Å². The maximum Gasteiger partial charge on any atom is 0.228 e. The van der Waals surface area contributed by atoms with E-state index >= 15 is 0 Å². The van der Waals surface area contributed by atoms with Crippen LogP contribution in [0.15, 0.2) is 24.3 Å². The summed E-state index contributed by atoms with van der Waals surface area (Å²) in [6.45, 7) is 8.30. The van der Waals surface area contributed by atoms with E-state index in [-0.39, 0.29) is 17.2 Å². The Bertz CT molecular complexity index is 411. The van der Waals surface area contributed by atoms with E-state index in [1.165, 1.54) is 5.56 Å². The molecule has 0 bridgehead atoms. The predicted molar refractivity (Wildman–Crippen MR) is 74.7 cm³/mol. The molecule has 0 radical (unpaired) electrons. The molecule has 3 heteroatoms. The molecule has 1 aromatic carbocycles. The van der Waals surface area contributed by atoms with Crippen molar-refractivity contribution in [2.24, 2.45) is 5.92 Å². The first-order valence-electron chi connectivity index (χ1n) is 6.59. The fraction of sp³-hybridized carbons (Fsp3) is 0.533. The highest BCUT2D eigenvalue weighted by molar-refractivity contribution is 5.92. The van der Waals surface area contributed by atoms with Gasteiger partial charge in [-0.15, -0.1) is 0 Å². The van der Waals surface area contributed by atoms with E-state index in [1.54, 1.807) is 0 Å². The molecule has 1 heterocycles. The van der Waals surface area contributed by atoms with E-state index in [0.717, 1.165) is 25.2 Å². The van der Waals surface area contributed by atoms with Gasteiger partial charge in [0.05, 0.1) is 5.92 Å². The van der Waals surface area contributed by atoms with E-state index in [2.05, 4.69) is 43.5 Å². The maximum absolute atomic E-state index is 11.9. The van der Waals surface area contributed by atoms with Crippen LogP contribution in [-0.2, 0) is 10.2 Å². The lowest BCUT2D eigenvalue weighted by molar-refractivity contribution is -0.119. The molecule has 0 aromatic heterocycles. The van der Waals surface area contributed by atoms with E-state index in [4.69, 9.17) is 0 Å². The fourth-order valence-electron chi connectivity index (χ4n) is 2.18. The number of hydrogen-bond acceptors (Lipinski definition) is 2. The summed E-state index contributed by atoms with van der Waals surface area (Å²) in [7, 11) is 0. The van der Waals surface area contributed by atoms with Crippen LogP contribution in [0.2, 0.25) is 0 Å². The van der Waals surface area contributed by atoms with E-state index in [0.29, 0.717) is 0 Å². The minimum atomic E-state index is 0.118. The van der Waals surface area contributed by atoms with Crippen molar-refractivity contribution >= 4 is 11.6 Å². The first-order chi connectivity index (χ1) is 8.47. The highest BCUT2D eigenvalue weighted by Gasteiger charge is 2.22. The Labute approximate surface area is 109 Å². The minimum Gasteiger partial charge on any atom is -0.326 e. The second-order valence-corrected chi connectivity index (χ2v) is 6.01. The van der Waals surface area contributed by atoms with Crippen LogP contribution in [0, 0.1) is 5.92 Å². The van der Waals surface area contributed by atoms with Gasteiger partial charge in [-0.25, -0.2) is 0 Å². The smallest absolute Gasteiger partial charge is 0.228 e. The van der Waals surface area contributed by atoms with Gasteiger partial charge in [-0.3, -0.25) is 4.79 Å². The van der Waals surface area contributed by atoms with Gasteiger partial charge in [-0.2, -0.15) is 0 Å². The topological polar surface area (TPSA) is 41.1 Å². The molecule has 0 saturated carbocycles.